The zero-order valence-electron chi connectivity index (χ0n) is 20.4. The minimum absolute atomic E-state index is 0. The first-order chi connectivity index (χ1) is 14.8. The fourth-order valence-electron chi connectivity index (χ4n) is 6.14. The third-order valence-corrected chi connectivity index (χ3v) is 11.8. The monoisotopic (exact) mass is 526 g/mol. The Kier molecular flexibility index (Phi) is 11.2. The van der Waals surface area contributed by atoms with E-state index in [0.717, 1.165) is 24.8 Å². The predicted octanol–water partition coefficient (Wildman–Crippen LogP) is 8.26. The van der Waals surface area contributed by atoms with Crippen molar-refractivity contribution in [3.05, 3.63) is 71.2 Å². The molecule has 0 amide bonds. The molecule has 1 aromatic carbocycles. The molecule has 0 spiro atoms. The van der Waals surface area contributed by atoms with Crippen LogP contribution in [0.3, 0.4) is 0 Å². The van der Waals surface area contributed by atoms with Crippen LogP contribution in [0.1, 0.15) is 36.5 Å². The molecule has 2 aliphatic carbocycles. The quantitative estimate of drug-likeness (QED) is 0.287. The van der Waals surface area contributed by atoms with E-state index in [2.05, 4.69) is 85.5 Å². The first kappa shape index (κ1) is 28.3. The van der Waals surface area contributed by atoms with Crippen LogP contribution in [-0.2, 0) is 17.0 Å². The van der Waals surface area contributed by atoms with Gasteiger partial charge in [-0.3, -0.25) is 6.67 Å². The van der Waals surface area contributed by atoms with Gasteiger partial charge in [-0.2, -0.15) is 0 Å². The van der Waals surface area contributed by atoms with Gasteiger partial charge in [-0.05, 0) is 54.7 Å². The molecule has 1 aliphatic heterocycles. The maximum absolute atomic E-state index is 4.89. The zero-order chi connectivity index (χ0) is 22.6. The predicted molar refractivity (Wildman–Crippen MR) is 141 cm³/mol. The summed E-state index contributed by atoms with van der Waals surface area (Å²) >= 11 is -0.556. The van der Waals surface area contributed by atoms with Crippen molar-refractivity contribution in [3.63, 3.8) is 0 Å². The molecule has 2 fully saturated rings. The number of aryl methyl sites for hydroxylation is 2. The summed E-state index contributed by atoms with van der Waals surface area (Å²) in [5.74, 6) is 2.12. The Bertz CT molecular complexity index is 788. The van der Waals surface area contributed by atoms with E-state index in [9.17, 15) is 0 Å². The van der Waals surface area contributed by atoms with Crippen LogP contribution >= 0.6 is 18.6 Å². The Morgan fingerprint density at radius 3 is 2.25 bits per heavy atom. The third kappa shape index (κ3) is 6.20. The first-order valence-corrected chi connectivity index (χ1v) is 18.6. The molecule has 1 heterocycles. The summed E-state index contributed by atoms with van der Waals surface area (Å²) in [5, 5.41) is 9.20. The molecule has 3 nitrogen and oxygen atoms in total. The molecule has 4 unspecified atom stereocenters. The second-order valence-corrected chi connectivity index (χ2v) is 16.8. The molecule has 1 aromatic rings. The molecular weight excluding hydrogens is 489 g/mol. The second kappa shape index (κ2) is 12.7. The van der Waals surface area contributed by atoms with Gasteiger partial charge < -0.3 is 22.6 Å². The molecule has 4 rings (SSSR count). The fourth-order valence-corrected chi connectivity index (χ4v) is 10.3. The van der Waals surface area contributed by atoms with E-state index in [0.29, 0.717) is 18.5 Å². The maximum atomic E-state index is 4.89. The molecule has 174 valence electrons. The molecule has 3 aliphatic rings. The number of halogens is 2. The van der Waals surface area contributed by atoms with Gasteiger partial charge in [-0.1, -0.05) is 74.0 Å². The summed E-state index contributed by atoms with van der Waals surface area (Å²) in [6, 6.07) is 7.05. The fraction of sp³-hybridized carbons (Fsp3) is 0.560. The van der Waals surface area contributed by atoms with Gasteiger partial charge in [0.1, 0.15) is 8.24 Å². The average Bonchev–Trinajstić information content (AvgIpc) is 3.14. The summed E-state index contributed by atoms with van der Waals surface area (Å²) in [6.07, 6.45) is 9.88. The van der Waals surface area contributed by atoms with E-state index >= 15 is 0 Å². The van der Waals surface area contributed by atoms with Gasteiger partial charge >= 0.3 is 35.6 Å². The van der Waals surface area contributed by atoms with Crippen LogP contribution < -0.4 is 0 Å². The summed E-state index contributed by atoms with van der Waals surface area (Å²) in [5.41, 5.74) is 6.52. The van der Waals surface area contributed by atoms with Gasteiger partial charge in [0.25, 0.3) is 0 Å². The van der Waals surface area contributed by atoms with E-state index < -0.39 is 25.3 Å². The van der Waals surface area contributed by atoms with Gasteiger partial charge in [0.15, 0.2) is 0 Å². The summed E-state index contributed by atoms with van der Waals surface area (Å²) in [6.45, 7) is 14.4. The Hall–Kier alpha value is 0.0912. The number of rotatable bonds is 4. The Balaban J connectivity index is 0.000000860. The number of hydrogen-bond acceptors (Lipinski definition) is 1. The normalized spacial score (nSPS) is 27.8. The van der Waals surface area contributed by atoms with Gasteiger partial charge in [-0.15, -0.1) is 13.3 Å². The van der Waals surface area contributed by atoms with E-state index in [1.54, 1.807) is 5.57 Å². The van der Waals surface area contributed by atoms with E-state index in [4.69, 9.17) is 18.6 Å². The second-order valence-electron chi connectivity index (χ2n) is 9.63. The molecule has 1 saturated heterocycles. The van der Waals surface area contributed by atoms with Crippen molar-refractivity contribution < 1.29 is 17.0 Å². The minimum atomic E-state index is -1.65. The molecule has 0 N–H and O–H groups in total. The van der Waals surface area contributed by atoms with Crippen molar-refractivity contribution >= 4 is 32.4 Å². The molecule has 7 heteroatoms. The van der Waals surface area contributed by atoms with Gasteiger partial charge in [0, 0.05) is 0 Å². The van der Waals surface area contributed by atoms with E-state index in [1.807, 2.05) is 0 Å². The topological polar surface area (TPSA) is 31.4 Å². The Morgan fingerprint density at radius 1 is 1.09 bits per heavy atom. The summed E-state index contributed by atoms with van der Waals surface area (Å²) in [7, 11) is 8.13. The van der Waals surface area contributed by atoms with Crippen molar-refractivity contribution in [2.45, 2.75) is 52.2 Å². The number of benzene rings is 1. The van der Waals surface area contributed by atoms with E-state index in [1.165, 1.54) is 29.5 Å². The molecule has 0 aromatic heterocycles. The zero-order valence-corrected chi connectivity index (χ0v) is 24.5. The standard InChI is InChI=1S/C24H35N3Si.CH3.2ClH.Ti/c1-6-19-13-23-21(20-11-17(2)10-18(3)12-20)8-7-9-22(23)24(19)28(4,5)27-15-25-14-26-16-27;;;;/h7-12,19,22-24H,6,13-16H2,1-5H3;1H3;2*1H;/q-2;-1;;;+6/p-2. The van der Waals surface area contributed by atoms with Crippen molar-refractivity contribution in [3.8, 4) is 0 Å². The SMILES string of the molecule is CCC1CC2C(c3cc(C)cc(C)c3)=CC=CC2C1[Si](C)(C)N1C[N-]C[N-]C1.[CH3-].[Cl][Ti+4][Cl]. The Morgan fingerprint density at radius 2 is 1.69 bits per heavy atom. The molecule has 1 saturated carbocycles. The first-order valence-electron chi connectivity index (χ1n) is 11.3. The van der Waals surface area contributed by atoms with Crippen LogP contribution in [0, 0.1) is 39.0 Å². The molecule has 0 radical (unpaired) electrons. The van der Waals surface area contributed by atoms with Crippen LogP contribution in [0.2, 0.25) is 18.6 Å². The number of hydrogen-bond donors (Lipinski definition) is 0. The molecule has 4 atom stereocenters. The number of nitrogens with zero attached hydrogens (tertiary/aromatic N) is 3. The Labute approximate surface area is 214 Å². The molecular formula is C25H38Cl2N3SiTi+. The van der Waals surface area contributed by atoms with Crippen LogP contribution in [-0.4, -0.2) is 32.8 Å². The van der Waals surface area contributed by atoms with Crippen molar-refractivity contribution in [1.82, 2.24) is 4.57 Å². The van der Waals surface area contributed by atoms with Gasteiger partial charge in [0.05, 0.1) is 0 Å². The van der Waals surface area contributed by atoms with Gasteiger partial charge in [0.2, 0.25) is 0 Å². The molecule has 32 heavy (non-hydrogen) atoms. The van der Waals surface area contributed by atoms with Crippen LogP contribution in [0.4, 0.5) is 0 Å². The van der Waals surface area contributed by atoms with E-state index in [-0.39, 0.29) is 7.43 Å². The van der Waals surface area contributed by atoms with Crippen molar-refractivity contribution in [2.75, 3.05) is 20.0 Å². The number of fused-ring (bicyclic) bond motifs is 1. The van der Waals surface area contributed by atoms with Crippen molar-refractivity contribution in [2.24, 2.45) is 17.8 Å². The third-order valence-electron chi connectivity index (χ3n) is 7.40. The van der Waals surface area contributed by atoms with Gasteiger partial charge in [-0.25, -0.2) is 0 Å². The summed E-state index contributed by atoms with van der Waals surface area (Å²) < 4.78 is 2.63. The van der Waals surface area contributed by atoms with Crippen molar-refractivity contribution in [1.29, 1.82) is 0 Å². The average molecular weight is 527 g/mol. The van der Waals surface area contributed by atoms with Crippen LogP contribution in [0.5, 0.6) is 0 Å². The summed E-state index contributed by atoms with van der Waals surface area (Å²) in [4.78, 5) is 0. The molecule has 0 bridgehead atoms. The van der Waals surface area contributed by atoms with Crippen LogP contribution in [0.15, 0.2) is 36.4 Å². The van der Waals surface area contributed by atoms with Crippen LogP contribution in [0.25, 0.3) is 16.2 Å². The number of allylic oxidation sites excluding steroid dienone is 4.